The minimum Gasteiger partial charge on any atom is -0.478 e. The highest BCUT2D eigenvalue weighted by Gasteiger charge is 2.21. The van der Waals surface area contributed by atoms with Crippen molar-refractivity contribution in [2.45, 2.75) is 52.0 Å². The number of anilines is 3. The van der Waals surface area contributed by atoms with Crippen molar-refractivity contribution in [1.29, 1.82) is 0 Å². The number of thiazole rings is 1. The predicted molar refractivity (Wildman–Crippen MR) is 133 cm³/mol. The molecule has 2 N–H and O–H groups in total. The van der Waals surface area contributed by atoms with Crippen LogP contribution in [-0.4, -0.2) is 28.0 Å². The lowest BCUT2D eigenvalue weighted by Crippen LogP contribution is -2.25. The Balaban J connectivity index is 1.48. The Kier molecular flexibility index (Phi) is 7.08. The number of rotatable bonds is 7. The molecule has 0 bridgehead atoms. The second kappa shape index (κ2) is 10.2. The molecule has 1 aromatic heterocycles. The van der Waals surface area contributed by atoms with Crippen molar-refractivity contribution in [3.63, 3.8) is 0 Å². The summed E-state index contributed by atoms with van der Waals surface area (Å²) in [5.41, 5.74) is 3.83. The molecule has 33 heavy (non-hydrogen) atoms. The van der Waals surface area contributed by atoms with Crippen LogP contribution in [0.25, 0.3) is 11.3 Å². The SMILES string of the molecule is CC(C)N(c1ccc(C(=O)O)cc1)c1nc(-c2ccc(NC(=O)C3CCCCC3)cc2)cs1. The van der Waals surface area contributed by atoms with E-state index >= 15 is 0 Å². The fourth-order valence-corrected chi connectivity index (χ4v) is 5.22. The van der Waals surface area contributed by atoms with Crippen LogP contribution in [-0.2, 0) is 4.79 Å². The molecule has 0 radical (unpaired) electrons. The van der Waals surface area contributed by atoms with Crippen molar-refractivity contribution < 1.29 is 14.7 Å². The maximum atomic E-state index is 12.5. The summed E-state index contributed by atoms with van der Waals surface area (Å²) in [5.74, 6) is -0.682. The van der Waals surface area contributed by atoms with Gasteiger partial charge in [-0.1, -0.05) is 31.4 Å². The molecule has 3 aromatic rings. The average Bonchev–Trinajstić information content (AvgIpc) is 3.30. The summed E-state index contributed by atoms with van der Waals surface area (Å²) in [6.45, 7) is 4.16. The molecule has 2 aromatic carbocycles. The van der Waals surface area contributed by atoms with Crippen LogP contribution >= 0.6 is 11.3 Å². The number of amides is 1. The first kappa shape index (κ1) is 23.0. The first-order valence-electron chi connectivity index (χ1n) is 11.4. The Morgan fingerprint density at radius 1 is 1.03 bits per heavy atom. The van der Waals surface area contributed by atoms with Gasteiger partial charge < -0.3 is 15.3 Å². The number of carbonyl (C=O) groups excluding carboxylic acids is 1. The Bertz CT molecular complexity index is 1100. The van der Waals surface area contributed by atoms with Crippen molar-refractivity contribution >= 4 is 39.7 Å². The van der Waals surface area contributed by atoms with Crippen molar-refractivity contribution in [3.05, 3.63) is 59.5 Å². The zero-order chi connectivity index (χ0) is 23.4. The lowest BCUT2D eigenvalue weighted by Gasteiger charge is -2.26. The van der Waals surface area contributed by atoms with Gasteiger partial charge in [0.25, 0.3) is 0 Å². The smallest absolute Gasteiger partial charge is 0.335 e. The molecule has 1 heterocycles. The normalized spacial score (nSPS) is 14.3. The topological polar surface area (TPSA) is 82.5 Å². The molecule has 1 aliphatic carbocycles. The molecule has 4 rings (SSSR count). The van der Waals surface area contributed by atoms with E-state index in [0.29, 0.717) is 0 Å². The van der Waals surface area contributed by atoms with Crippen LogP contribution in [0, 0.1) is 5.92 Å². The number of carboxylic acids is 1. The molecule has 0 unspecified atom stereocenters. The van der Waals surface area contributed by atoms with Gasteiger partial charge in [0.1, 0.15) is 0 Å². The molecular weight excluding hydrogens is 434 g/mol. The van der Waals surface area contributed by atoms with E-state index in [9.17, 15) is 9.59 Å². The minimum atomic E-state index is -0.937. The molecule has 1 amide bonds. The van der Waals surface area contributed by atoms with E-state index in [2.05, 4.69) is 24.1 Å². The molecule has 0 spiro atoms. The second-order valence-corrected chi connectivity index (χ2v) is 9.57. The van der Waals surface area contributed by atoms with Crippen molar-refractivity contribution in [2.75, 3.05) is 10.2 Å². The van der Waals surface area contributed by atoms with Crippen LogP contribution in [0.3, 0.4) is 0 Å². The molecule has 6 nitrogen and oxygen atoms in total. The van der Waals surface area contributed by atoms with Gasteiger partial charge in [0, 0.05) is 34.3 Å². The van der Waals surface area contributed by atoms with Crippen molar-refractivity contribution in [1.82, 2.24) is 4.98 Å². The number of nitrogens with zero attached hydrogens (tertiary/aromatic N) is 2. The van der Waals surface area contributed by atoms with Crippen LogP contribution in [0.4, 0.5) is 16.5 Å². The Morgan fingerprint density at radius 3 is 2.30 bits per heavy atom. The molecule has 0 atom stereocenters. The molecule has 1 fully saturated rings. The van der Waals surface area contributed by atoms with Crippen molar-refractivity contribution in [3.8, 4) is 11.3 Å². The van der Waals surface area contributed by atoms with Gasteiger partial charge in [0.05, 0.1) is 11.3 Å². The van der Waals surface area contributed by atoms with Gasteiger partial charge in [-0.05, 0) is 63.1 Å². The van der Waals surface area contributed by atoms with Gasteiger partial charge in [-0.2, -0.15) is 0 Å². The largest absolute Gasteiger partial charge is 0.478 e. The predicted octanol–water partition coefficient (Wildman–Crippen LogP) is 6.57. The third-order valence-electron chi connectivity index (χ3n) is 6.03. The van der Waals surface area contributed by atoms with Crippen LogP contribution in [0.5, 0.6) is 0 Å². The Labute approximate surface area is 198 Å². The molecule has 1 saturated carbocycles. The molecule has 172 valence electrons. The number of hydrogen-bond acceptors (Lipinski definition) is 5. The highest BCUT2D eigenvalue weighted by atomic mass is 32.1. The highest BCUT2D eigenvalue weighted by molar-refractivity contribution is 7.14. The number of aromatic carboxylic acids is 1. The zero-order valence-electron chi connectivity index (χ0n) is 19.0. The second-order valence-electron chi connectivity index (χ2n) is 8.73. The quantitative estimate of drug-likeness (QED) is 0.414. The lowest BCUT2D eigenvalue weighted by atomic mass is 9.88. The summed E-state index contributed by atoms with van der Waals surface area (Å²) in [5, 5.41) is 15.1. The van der Waals surface area contributed by atoms with Gasteiger partial charge >= 0.3 is 5.97 Å². The van der Waals surface area contributed by atoms with E-state index in [-0.39, 0.29) is 23.4 Å². The number of hydrogen-bond donors (Lipinski definition) is 2. The summed E-state index contributed by atoms with van der Waals surface area (Å²) in [6.07, 6.45) is 5.48. The molecule has 0 aliphatic heterocycles. The van der Waals surface area contributed by atoms with Gasteiger partial charge in [0.15, 0.2) is 5.13 Å². The Hall–Kier alpha value is -3.19. The fourth-order valence-electron chi connectivity index (χ4n) is 4.23. The van der Waals surface area contributed by atoms with Gasteiger partial charge in [0.2, 0.25) is 5.91 Å². The maximum absolute atomic E-state index is 12.5. The third kappa shape index (κ3) is 5.42. The standard InChI is InChI=1S/C26H29N3O3S/c1-17(2)29(22-14-10-20(11-15-22)25(31)32)26-28-23(16-33-26)18-8-12-21(13-9-18)27-24(30)19-6-4-3-5-7-19/h8-17,19H,3-7H2,1-2H3,(H,27,30)(H,31,32). The lowest BCUT2D eigenvalue weighted by molar-refractivity contribution is -0.120. The van der Waals surface area contributed by atoms with E-state index < -0.39 is 5.97 Å². The van der Waals surface area contributed by atoms with Gasteiger partial charge in [-0.15, -0.1) is 11.3 Å². The first-order valence-corrected chi connectivity index (χ1v) is 12.3. The van der Waals surface area contributed by atoms with Crippen LogP contribution in [0.1, 0.15) is 56.3 Å². The first-order chi connectivity index (χ1) is 15.9. The number of aromatic nitrogens is 1. The summed E-state index contributed by atoms with van der Waals surface area (Å²) in [4.78, 5) is 30.6. The third-order valence-corrected chi connectivity index (χ3v) is 6.87. The van der Waals surface area contributed by atoms with Gasteiger partial charge in [-0.3, -0.25) is 4.79 Å². The molecule has 7 heteroatoms. The van der Waals surface area contributed by atoms with E-state index in [0.717, 1.165) is 53.4 Å². The van der Waals surface area contributed by atoms with Gasteiger partial charge in [-0.25, -0.2) is 9.78 Å². The van der Waals surface area contributed by atoms with E-state index in [4.69, 9.17) is 10.1 Å². The zero-order valence-corrected chi connectivity index (χ0v) is 19.8. The number of carboxylic acid groups (broad SMARTS) is 1. The molecule has 0 saturated heterocycles. The maximum Gasteiger partial charge on any atom is 0.335 e. The monoisotopic (exact) mass is 463 g/mol. The van der Waals surface area contributed by atoms with Crippen LogP contribution < -0.4 is 10.2 Å². The van der Waals surface area contributed by atoms with Crippen LogP contribution in [0.15, 0.2) is 53.9 Å². The number of carbonyl (C=O) groups is 2. The summed E-state index contributed by atoms with van der Waals surface area (Å²) in [7, 11) is 0. The average molecular weight is 464 g/mol. The minimum absolute atomic E-state index is 0.125. The van der Waals surface area contributed by atoms with E-state index in [1.165, 1.54) is 6.42 Å². The summed E-state index contributed by atoms with van der Waals surface area (Å²) >= 11 is 1.55. The van der Waals surface area contributed by atoms with Crippen LogP contribution in [0.2, 0.25) is 0 Å². The summed E-state index contributed by atoms with van der Waals surface area (Å²) in [6, 6.07) is 14.8. The van der Waals surface area contributed by atoms with E-state index in [1.54, 1.807) is 23.5 Å². The highest BCUT2D eigenvalue weighted by Crippen LogP contribution is 2.34. The number of nitrogens with one attached hydrogen (secondary N) is 1. The molecule has 1 aliphatic rings. The Morgan fingerprint density at radius 2 is 1.70 bits per heavy atom. The number of benzene rings is 2. The molecular formula is C26H29N3O3S. The van der Waals surface area contributed by atoms with E-state index in [1.807, 2.05) is 41.8 Å². The van der Waals surface area contributed by atoms with Crippen molar-refractivity contribution in [2.24, 2.45) is 5.92 Å². The summed E-state index contributed by atoms with van der Waals surface area (Å²) < 4.78 is 0. The fraction of sp³-hybridized carbons (Fsp3) is 0.346.